The number of amides is 1. The molecule has 0 atom stereocenters. The minimum atomic E-state index is 0.0545. The minimum absolute atomic E-state index is 0.0545. The standard InChI is InChI=1S/C16H26N4O2S/c1-2-3-13-17-18-15(23-13)19-8-6-16(7-9-19)5-4-14(22)20(12-16)10-11-21/h21H,2-12H2,1H3. The lowest BCUT2D eigenvalue weighted by Gasteiger charge is -2.47. The number of aliphatic hydroxyl groups excluding tert-OH is 1. The molecule has 2 saturated heterocycles. The normalized spacial score (nSPS) is 21.2. The lowest BCUT2D eigenvalue weighted by molar-refractivity contribution is -0.138. The van der Waals surface area contributed by atoms with Gasteiger partial charge in [0.05, 0.1) is 6.61 Å². The van der Waals surface area contributed by atoms with E-state index in [1.54, 1.807) is 11.3 Å². The Kier molecular flexibility index (Phi) is 5.16. The molecule has 2 fully saturated rings. The highest BCUT2D eigenvalue weighted by molar-refractivity contribution is 7.15. The Labute approximate surface area is 141 Å². The SMILES string of the molecule is CCCc1nnc(N2CCC3(CCC(=O)N(CCO)C3)CC2)s1. The molecule has 1 amide bonds. The van der Waals surface area contributed by atoms with Crippen molar-refractivity contribution in [1.29, 1.82) is 0 Å². The summed E-state index contributed by atoms with van der Waals surface area (Å²) in [6.45, 7) is 5.47. The van der Waals surface area contributed by atoms with Gasteiger partial charge in [-0.25, -0.2) is 0 Å². The molecular weight excluding hydrogens is 312 g/mol. The van der Waals surface area contributed by atoms with Crippen molar-refractivity contribution in [1.82, 2.24) is 15.1 Å². The third-order valence-electron chi connectivity index (χ3n) is 5.13. The van der Waals surface area contributed by atoms with E-state index in [0.29, 0.717) is 13.0 Å². The van der Waals surface area contributed by atoms with Gasteiger partial charge in [0.1, 0.15) is 5.01 Å². The molecule has 6 nitrogen and oxygen atoms in total. The smallest absolute Gasteiger partial charge is 0.222 e. The molecule has 0 bridgehead atoms. The number of piperidine rings is 2. The maximum absolute atomic E-state index is 11.9. The number of hydrogen-bond acceptors (Lipinski definition) is 6. The predicted molar refractivity (Wildman–Crippen MR) is 90.7 cm³/mol. The van der Waals surface area contributed by atoms with Crippen molar-refractivity contribution in [2.75, 3.05) is 37.7 Å². The Balaban J connectivity index is 1.59. The summed E-state index contributed by atoms with van der Waals surface area (Å²) in [7, 11) is 0. The summed E-state index contributed by atoms with van der Waals surface area (Å²) >= 11 is 1.71. The minimum Gasteiger partial charge on any atom is -0.395 e. The number of β-amino-alcohol motifs (C(OH)–C–C–N with tert-alkyl or cyclic N) is 1. The van der Waals surface area contributed by atoms with E-state index in [1.807, 2.05) is 4.90 Å². The van der Waals surface area contributed by atoms with Gasteiger partial charge in [-0.1, -0.05) is 18.3 Å². The van der Waals surface area contributed by atoms with Crippen molar-refractivity contribution >= 4 is 22.4 Å². The molecule has 0 unspecified atom stereocenters. The molecule has 7 heteroatoms. The van der Waals surface area contributed by atoms with Crippen LogP contribution in [0.1, 0.15) is 44.0 Å². The molecule has 0 aromatic carbocycles. The van der Waals surface area contributed by atoms with Crippen molar-refractivity contribution in [2.45, 2.75) is 45.4 Å². The van der Waals surface area contributed by atoms with Gasteiger partial charge in [0.15, 0.2) is 0 Å². The number of aryl methyl sites for hydroxylation is 1. The molecule has 2 aliphatic rings. The molecule has 1 spiro atoms. The van der Waals surface area contributed by atoms with Gasteiger partial charge < -0.3 is 14.9 Å². The van der Waals surface area contributed by atoms with E-state index in [2.05, 4.69) is 22.0 Å². The summed E-state index contributed by atoms with van der Waals surface area (Å²) in [6.07, 6.45) is 5.90. The van der Waals surface area contributed by atoms with Crippen LogP contribution in [0.5, 0.6) is 0 Å². The van der Waals surface area contributed by atoms with Crippen LogP contribution < -0.4 is 4.90 Å². The molecule has 1 aromatic rings. The van der Waals surface area contributed by atoms with E-state index in [4.69, 9.17) is 5.11 Å². The lowest BCUT2D eigenvalue weighted by Crippen LogP contribution is -2.52. The van der Waals surface area contributed by atoms with E-state index in [0.717, 1.165) is 61.9 Å². The largest absolute Gasteiger partial charge is 0.395 e. The van der Waals surface area contributed by atoms with Gasteiger partial charge >= 0.3 is 0 Å². The Morgan fingerprint density at radius 2 is 2.04 bits per heavy atom. The molecule has 23 heavy (non-hydrogen) atoms. The average molecular weight is 338 g/mol. The maximum Gasteiger partial charge on any atom is 0.222 e. The number of carbonyl (C=O) groups excluding carboxylic acids is 1. The molecule has 3 rings (SSSR count). The van der Waals surface area contributed by atoms with Crippen molar-refractivity contribution in [3.63, 3.8) is 0 Å². The molecule has 1 N–H and O–H groups in total. The zero-order valence-electron chi connectivity index (χ0n) is 13.8. The van der Waals surface area contributed by atoms with Crippen molar-refractivity contribution in [2.24, 2.45) is 5.41 Å². The number of rotatable bonds is 5. The maximum atomic E-state index is 11.9. The van der Waals surface area contributed by atoms with Crippen LogP contribution in [0.3, 0.4) is 0 Å². The highest BCUT2D eigenvalue weighted by Gasteiger charge is 2.41. The number of carbonyl (C=O) groups is 1. The Hall–Kier alpha value is -1.21. The van der Waals surface area contributed by atoms with Gasteiger partial charge in [-0.2, -0.15) is 0 Å². The van der Waals surface area contributed by atoms with Crippen molar-refractivity contribution in [3.8, 4) is 0 Å². The summed E-state index contributed by atoms with van der Waals surface area (Å²) in [4.78, 5) is 16.1. The van der Waals surface area contributed by atoms with Crippen molar-refractivity contribution < 1.29 is 9.90 Å². The van der Waals surface area contributed by atoms with Crippen LogP contribution >= 0.6 is 11.3 Å². The second-order valence-corrected chi connectivity index (χ2v) is 7.79. The Morgan fingerprint density at radius 3 is 2.74 bits per heavy atom. The number of hydrogen-bond donors (Lipinski definition) is 1. The van der Waals surface area contributed by atoms with Crippen molar-refractivity contribution in [3.05, 3.63) is 5.01 Å². The first-order valence-corrected chi connectivity index (χ1v) is 9.43. The quantitative estimate of drug-likeness (QED) is 0.885. The van der Waals surface area contributed by atoms with Crippen LogP contribution in [0.2, 0.25) is 0 Å². The average Bonchev–Trinajstić information content (AvgIpc) is 3.01. The number of nitrogens with zero attached hydrogens (tertiary/aromatic N) is 4. The summed E-state index contributed by atoms with van der Waals surface area (Å²) in [5, 5.41) is 19.9. The summed E-state index contributed by atoms with van der Waals surface area (Å²) < 4.78 is 0. The number of aliphatic hydroxyl groups is 1. The van der Waals surface area contributed by atoms with E-state index in [-0.39, 0.29) is 17.9 Å². The summed E-state index contributed by atoms with van der Waals surface area (Å²) in [5.74, 6) is 0.195. The van der Waals surface area contributed by atoms with Crippen LogP contribution in [0.25, 0.3) is 0 Å². The highest BCUT2D eigenvalue weighted by atomic mass is 32.1. The van der Waals surface area contributed by atoms with Crippen LogP contribution in [0, 0.1) is 5.41 Å². The molecule has 0 aliphatic carbocycles. The second-order valence-electron chi connectivity index (χ2n) is 6.75. The van der Waals surface area contributed by atoms with Gasteiger partial charge in [-0.15, -0.1) is 10.2 Å². The molecule has 0 saturated carbocycles. The third-order valence-corrected chi connectivity index (χ3v) is 6.18. The monoisotopic (exact) mass is 338 g/mol. The fourth-order valence-electron chi connectivity index (χ4n) is 3.69. The predicted octanol–water partition coefficient (Wildman–Crippen LogP) is 1.69. The zero-order valence-corrected chi connectivity index (χ0v) is 14.6. The van der Waals surface area contributed by atoms with E-state index in [1.165, 1.54) is 0 Å². The molecule has 1 aromatic heterocycles. The molecular formula is C16H26N4O2S. The fourth-order valence-corrected chi connectivity index (χ4v) is 4.69. The Morgan fingerprint density at radius 1 is 1.26 bits per heavy atom. The van der Waals surface area contributed by atoms with Crippen LogP contribution in [-0.4, -0.2) is 58.9 Å². The van der Waals surface area contributed by atoms with Crippen LogP contribution in [0.15, 0.2) is 0 Å². The van der Waals surface area contributed by atoms with E-state index in [9.17, 15) is 4.79 Å². The first kappa shape index (κ1) is 16.6. The second kappa shape index (κ2) is 7.13. The van der Waals surface area contributed by atoms with Crippen LogP contribution in [-0.2, 0) is 11.2 Å². The van der Waals surface area contributed by atoms with E-state index < -0.39 is 0 Å². The lowest BCUT2D eigenvalue weighted by atomic mass is 9.72. The Bertz CT molecular complexity index is 540. The van der Waals surface area contributed by atoms with Crippen LogP contribution in [0.4, 0.5) is 5.13 Å². The van der Waals surface area contributed by atoms with Gasteiger partial charge in [0.25, 0.3) is 0 Å². The van der Waals surface area contributed by atoms with Gasteiger partial charge in [-0.05, 0) is 31.1 Å². The topological polar surface area (TPSA) is 69.6 Å². The molecule has 2 aliphatic heterocycles. The third kappa shape index (κ3) is 3.66. The first-order valence-electron chi connectivity index (χ1n) is 8.62. The molecule has 0 radical (unpaired) electrons. The molecule has 128 valence electrons. The van der Waals surface area contributed by atoms with E-state index >= 15 is 0 Å². The summed E-state index contributed by atoms with van der Waals surface area (Å²) in [5.41, 5.74) is 0.233. The van der Waals surface area contributed by atoms with Gasteiger partial charge in [0, 0.05) is 39.0 Å². The number of anilines is 1. The van der Waals surface area contributed by atoms with Gasteiger partial charge in [0.2, 0.25) is 11.0 Å². The fraction of sp³-hybridized carbons (Fsp3) is 0.812. The van der Waals surface area contributed by atoms with Gasteiger partial charge in [-0.3, -0.25) is 4.79 Å². The molecule has 3 heterocycles. The summed E-state index contributed by atoms with van der Waals surface area (Å²) in [6, 6.07) is 0. The highest BCUT2D eigenvalue weighted by Crippen LogP contribution is 2.41. The number of aromatic nitrogens is 2. The zero-order chi connectivity index (χ0) is 16.3. The number of likely N-dealkylation sites (tertiary alicyclic amines) is 1. The first-order chi connectivity index (χ1) is 11.2.